The maximum Gasteiger partial charge on any atom is 0.244 e. The van der Waals surface area contributed by atoms with Crippen LogP contribution in [0.1, 0.15) is 24.1 Å². The van der Waals surface area contributed by atoms with Crippen LogP contribution < -0.4 is 5.32 Å². The maximum atomic E-state index is 12.8. The van der Waals surface area contributed by atoms with E-state index >= 15 is 0 Å². The molecule has 7 heteroatoms. The summed E-state index contributed by atoms with van der Waals surface area (Å²) in [7, 11) is -1.52. The minimum Gasteiger partial charge on any atom is -0.375 e. The molecule has 1 aliphatic heterocycles. The lowest BCUT2D eigenvalue weighted by Gasteiger charge is -2.36. The van der Waals surface area contributed by atoms with Crippen molar-refractivity contribution >= 4 is 21.4 Å². The fraction of sp³-hybridized carbons (Fsp3) is 0.692. The monoisotopic (exact) mass is 316 g/mol. The summed E-state index contributed by atoms with van der Waals surface area (Å²) >= 11 is 1.49. The molecule has 20 heavy (non-hydrogen) atoms. The number of ether oxygens (including phenoxy) is 1. The van der Waals surface area contributed by atoms with Gasteiger partial charge in [0.2, 0.25) is 10.0 Å². The van der Waals surface area contributed by atoms with Crippen LogP contribution in [0.25, 0.3) is 0 Å². The SMILES string of the molecule is CNCc1cc(S(=O)(=O)N2CCOC3CCCC32)cs1. The van der Waals surface area contributed by atoms with Crippen molar-refractivity contribution in [3.8, 4) is 0 Å². The number of sulfonamides is 1. The third kappa shape index (κ3) is 2.53. The Kier molecular flexibility index (Phi) is 4.14. The fourth-order valence-electron chi connectivity index (χ4n) is 3.09. The Bertz CT molecular complexity index is 570. The quantitative estimate of drug-likeness (QED) is 0.912. The number of hydrogen-bond donors (Lipinski definition) is 1. The first-order valence-electron chi connectivity index (χ1n) is 6.98. The lowest BCUT2D eigenvalue weighted by Crippen LogP contribution is -2.50. The van der Waals surface area contributed by atoms with Gasteiger partial charge in [-0.1, -0.05) is 0 Å². The standard InChI is InChI=1S/C13H20N2O3S2/c1-14-8-10-7-11(9-19-10)20(16,17)15-5-6-18-13-4-2-3-12(13)15/h7,9,12-14H,2-6,8H2,1H3. The molecule has 2 heterocycles. The summed E-state index contributed by atoms with van der Waals surface area (Å²) in [6, 6.07) is 1.82. The fourth-order valence-corrected chi connectivity index (χ4v) is 6.02. The predicted octanol–water partition coefficient (Wildman–Crippen LogP) is 1.41. The summed E-state index contributed by atoms with van der Waals surface area (Å²) in [6.45, 7) is 1.68. The number of rotatable bonds is 4. The minimum absolute atomic E-state index is 0.0291. The summed E-state index contributed by atoms with van der Waals surface area (Å²) in [5.74, 6) is 0. The van der Waals surface area contributed by atoms with E-state index in [4.69, 9.17) is 4.74 Å². The summed E-state index contributed by atoms with van der Waals surface area (Å²) in [6.07, 6.45) is 3.03. The summed E-state index contributed by atoms with van der Waals surface area (Å²) in [5.41, 5.74) is 0. The molecule has 1 aliphatic carbocycles. The first kappa shape index (κ1) is 14.5. The lowest BCUT2D eigenvalue weighted by atomic mass is 10.2. The van der Waals surface area contributed by atoms with Gasteiger partial charge in [-0.3, -0.25) is 0 Å². The van der Waals surface area contributed by atoms with Crippen molar-refractivity contribution in [2.75, 3.05) is 20.2 Å². The zero-order chi connectivity index (χ0) is 14.2. The van der Waals surface area contributed by atoms with Crippen molar-refractivity contribution < 1.29 is 13.2 Å². The zero-order valence-corrected chi connectivity index (χ0v) is 13.2. The third-order valence-electron chi connectivity index (χ3n) is 4.02. The first-order valence-corrected chi connectivity index (χ1v) is 9.30. The van der Waals surface area contributed by atoms with Gasteiger partial charge in [-0.15, -0.1) is 11.3 Å². The van der Waals surface area contributed by atoms with Crippen molar-refractivity contribution in [1.29, 1.82) is 0 Å². The second kappa shape index (κ2) is 5.73. The molecule has 1 aromatic heterocycles. The topological polar surface area (TPSA) is 58.6 Å². The van der Waals surface area contributed by atoms with Crippen LogP contribution in [-0.4, -0.2) is 45.1 Å². The van der Waals surface area contributed by atoms with Gasteiger partial charge in [0.15, 0.2) is 0 Å². The van der Waals surface area contributed by atoms with Gasteiger partial charge >= 0.3 is 0 Å². The third-order valence-corrected chi connectivity index (χ3v) is 7.01. The smallest absolute Gasteiger partial charge is 0.244 e. The molecule has 0 radical (unpaired) electrons. The normalized spacial score (nSPS) is 27.6. The Morgan fingerprint density at radius 2 is 2.35 bits per heavy atom. The highest BCUT2D eigenvalue weighted by atomic mass is 32.2. The Hall–Kier alpha value is -0.470. The summed E-state index contributed by atoms with van der Waals surface area (Å²) < 4.78 is 33.0. The molecule has 0 bridgehead atoms. The molecule has 2 fully saturated rings. The van der Waals surface area contributed by atoms with E-state index in [-0.39, 0.29) is 12.1 Å². The molecule has 0 spiro atoms. The Balaban J connectivity index is 1.86. The van der Waals surface area contributed by atoms with E-state index in [1.54, 1.807) is 15.8 Å². The molecule has 1 saturated carbocycles. The number of nitrogens with zero attached hydrogens (tertiary/aromatic N) is 1. The molecule has 3 rings (SSSR count). The molecule has 0 aromatic carbocycles. The van der Waals surface area contributed by atoms with Gasteiger partial charge in [0, 0.05) is 23.3 Å². The molecule has 1 aromatic rings. The molecular weight excluding hydrogens is 296 g/mol. The van der Waals surface area contributed by atoms with Crippen LogP contribution in [0.4, 0.5) is 0 Å². The van der Waals surface area contributed by atoms with E-state index < -0.39 is 10.0 Å². The number of hydrogen-bond acceptors (Lipinski definition) is 5. The average molecular weight is 316 g/mol. The van der Waals surface area contributed by atoms with E-state index in [0.29, 0.717) is 24.6 Å². The van der Waals surface area contributed by atoms with E-state index in [9.17, 15) is 8.42 Å². The van der Waals surface area contributed by atoms with Crippen molar-refractivity contribution in [3.05, 3.63) is 16.3 Å². The second-order valence-corrected chi connectivity index (χ2v) is 8.19. The zero-order valence-electron chi connectivity index (χ0n) is 11.5. The molecule has 2 aliphatic rings. The molecule has 1 N–H and O–H groups in total. The van der Waals surface area contributed by atoms with Gasteiger partial charge in [0.1, 0.15) is 0 Å². The number of fused-ring (bicyclic) bond motifs is 1. The van der Waals surface area contributed by atoms with Crippen LogP contribution in [0.15, 0.2) is 16.3 Å². The highest BCUT2D eigenvalue weighted by Gasteiger charge is 2.42. The van der Waals surface area contributed by atoms with E-state index in [0.717, 1.165) is 24.1 Å². The van der Waals surface area contributed by atoms with Gasteiger partial charge in [-0.05, 0) is 32.4 Å². The number of thiophene rings is 1. The predicted molar refractivity (Wildman–Crippen MR) is 78.4 cm³/mol. The van der Waals surface area contributed by atoms with Crippen LogP contribution >= 0.6 is 11.3 Å². The average Bonchev–Trinajstić information content (AvgIpc) is 3.06. The van der Waals surface area contributed by atoms with Gasteiger partial charge in [-0.25, -0.2) is 8.42 Å². The number of morpholine rings is 1. The van der Waals surface area contributed by atoms with Gasteiger partial charge < -0.3 is 10.1 Å². The van der Waals surface area contributed by atoms with Gasteiger partial charge in [0.05, 0.1) is 23.6 Å². The van der Waals surface area contributed by atoms with E-state index in [1.165, 1.54) is 11.3 Å². The minimum atomic E-state index is -3.38. The highest BCUT2D eigenvalue weighted by Crippen LogP contribution is 2.34. The van der Waals surface area contributed by atoms with Crippen molar-refractivity contribution in [2.24, 2.45) is 0 Å². The van der Waals surface area contributed by atoms with Crippen molar-refractivity contribution in [2.45, 2.75) is 42.8 Å². The van der Waals surface area contributed by atoms with Crippen LogP contribution in [0, 0.1) is 0 Å². The van der Waals surface area contributed by atoms with Crippen LogP contribution in [0.2, 0.25) is 0 Å². The first-order chi connectivity index (χ1) is 9.63. The Morgan fingerprint density at radius 3 is 3.15 bits per heavy atom. The Morgan fingerprint density at radius 1 is 1.50 bits per heavy atom. The maximum absolute atomic E-state index is 12.8. The lowest BCUT2D eigenvalue weighted by molar-refractivity contribution is -0.0241. The molecule has 112 valence electrons. The molecule has 2 unspecified atom stereocenters. The number of nitrogens with one attached hydrogen (secondary N) is 1. The molecule has 0 amide bonds. The van der Waals surface area contributed by atoms with E-state index in [1.807, 2.05) is 7.05 Å². The van der Waals surface area contributed by atoms with Gasteiger partial charge in [0.25, 0.3) is 0 Å². The highest BCUT2D eigenvalue weighted by molar-refractivity contribution is 7.89. The summed E-state index contributed by atoms with van der Waals surface area (Å²) in [5, 5.41) is 4.80. The van der Waals surface area contributed by atoms with Crippen molar-refractivity contribution in [3.63, 3.8) is 0 Å². The Labute approximate surface area is 124 Å². The molecule has 2 atom stereocenters. The molecule has 1 saturated heterocycles. The van der Waals surface area contributed by atoms with Crippen LogP contribution in [-0.2, 0) is 21.3 Å². The van der Waals surface area contributed by atoms with Crippen LogP contribution in [0.5, 0.6) is 0 Å². The van der Waals surface area contributed by atoms with Crippen LogP contribution in [0.3, 0.4) is 0 Å². The van der Waals surface area contributed by atoms with Gasteiger partial charge in [-0.2, -0.15) is 4.31 Å². The van der Waals surface area contributed by atoms with E-state index in [2.05, 4.69) is 5.32 Å². The molecular formula is C13H20N2O3S2. The molecule has 5 nitrogen and oxygen atoms in total. The largest absolute Gasteiger partial charge is 0.375 e. The van der Waals surface area contributed by atoms with Crippen molar-refractivity contribution in [1.82, 2.24) is 9.62 Å². The second-order valence-electron chi connectivity index (χ2n) is 5.30. The summed E-state index contributed by atoms with van der Waals surface area (Å²) in [4.78, 5) is 1.47.